The lowest BCUT2D eigenvalue weighted by molar-refractivity contribution is -0.143. The van der Waals surface area contributed by atoms with Crippen LogP contribution in [-0.2, 0) is 20.9 Å². The first-order valence-corrected chi connectivity index (χ1v) is 8.36. The summed E-state index contributed by atoms with van der Waals surface area (Å²) >= 11 is 0. The van der Waals surface area contributed by atoms with Crippen LogP contribution in [0.4, 0.5) is 0 Å². The number of carboxylic acid groups (broad SMARTS) is 1. The van der Waals surface area contributed by atoms with Gasteiger partial charge in [0, 0.05) is 19.0 Å². The van der Waals surface area contributed by atoms with Gasteiger partial charge in [0.05, 0.1) is 24.6 Å². The molecule has 3 rings (SSSR count). The molecule has 2 aliphatic rings. The summed E-state index contributed by atoms with van der Waals surface area (Å²) in [7, 11) is 0. The van der Waals surface area contributed by atoms with Crippen molar-refractivity contribution < 1.29 is 23.9 Å². The number of rotatable bonds is 5. The molecule has 1 unspecified atom stereocenters. The smallest absolute Gasteiger partial charge is 0.306 e. The normalized spacial score (nSPS) is 27.2. The number of hydrogen-bond donors (Lipinski definition) is 2. The molecule has 1 aromatic rings. The van der Waals surface area contributed by atoms with E-state index < -0.39 is 5.97 Å². The first-order valence-electron chi connectivity index (χ1n) is 8.36. The van der Waals surface area contributed by atoms with Gasteiger partial charge in [0.25, 0.3) is 0 Å². The summed E-state index contributed by atoms with van der Waals surface area (Å²) in [6, 6.07) is 3.59. The number of carbonyl (C=O) groups excluding carboxylic acids is 2. The molecule has 2 fully saturated rings. The standard InChI is InChI=1S/C17H22N2O5/c20-15-8-12(9-19(15)10-14-2-1-7-24-14)16(21)18-13-5-3-11(4-6-13)17(22)23/h1-2,7,11-13H,3-6,8-10H2,(H,18,21)(H,22,23). The molecule has 1 aliphatic heterocycles. The highest BCUT2D eigenvalue weighted by molar-refractivity contribution is 5.89. The number of nitrogens with zero attached hydrogens (tertiary/aromatic N) is 1. The number of carboxylic acids is 1. The molecule has 2 N–H and O–H groups in total. The van der Waals surface area contributed by atoms with Gasteiger partial charge >= 0.3 is 5.97 Å². The predicted molar refractivity (Wildman–Crippen MR) is 83.8 cm³/mol. The van der Waals surface area contributed by atoms with E-state index in [0.29, 0.717) is 44.5 Å². The summed E-state index contributed by atoms with van der Waals surface area (Å²) in [5, 5.41) is 12.0. The Labute approximate surface area is 140 Å². The summed E-state index contributed by atoms with van der Waals surface area (Å²) in [4.78, 5) is 37.1. The third kappa shape index (κ3) is 3.77. The van der Waals surface area contributed by atoms with E-state index in [9.17, 15) is 14.4 Å². The largest absolute Gasteiger partial charge is 0.481 e. The maximum atomic E-state index is 12.4. The van der Waals surface area contributed by atoms with Gasteiger partial charge in [-0.15, -0.1) is 0 Å². The molecule has 1 atom stereocenters. The van der Waals surface area contributed by atoms with E-state index in [0.717, 1.165) is 0 Å². The fourth-order valence-corrected chi connectivity index (χ4v) is 3.50. The van der Waals surface area contributed by atoms with Crippen molar-refractivity contribution in [3.63, 3.8) is 0 Å². The Morgan fingerprint density at radius 2 is 2.00 bits per heavy atom. The summed E-state index contributed by atoms with van der Waals surface area (Å²) in [6.45, 7) is 0.787. The van der Waals surface area contributed by atoms with Crippen molar-refractivity contribution in [3.8, 4) is 0 Å². The van der Waals surface area contributed by atoms with E-state index in [1.807, 2.05) is 6.07 Å². The molecule has 1 saturated carbocycles. The minimum absolute atomic E-state index is 0.0160. The summed E-state index contributed by atoms with van der Waals surface area (Å²) in [6.07, 6.45) is 4.33. The molecular formula is C17H22N2O5. The quantitative estimate of drug-likeness (QED) is 0.847. The van der Waals surface area contributed by atoms with Crippen molar-refractivity contribution in [2.24, 2.45) is 11.8 Å². The van der Waals surface area contributed by atoms with Crippen LogP contribution < -0.4 is 5.32 Å². The zero-order valence-electron chi connectivity index (χ0n) is 13.4. The van der Waals surface area contributed by atoms with Gasteiger partial charge in [-0.3, -0.25) is 14.4 Å². The second-order valence-electron chi connectivity index (χ2n) is 6.65. The molecule has 0 spiro atoms. The van der Waals surface area contributed by atoms with Crippen LogP contribution in [-0.4, -0.2) is 40.4 Å². The second-order valence-corrected chi connectivity index (χ2v) is 6.65. The Bertz CT molecular complexity index is 605. The number of aliphatic carboxylic acids is 1. The highest BCUT2D eigenvalue weighted by atomic mass is 16.4. The van der Waals surface area contributed by atoms with Crippen LogP contribution in [0.15, 0.2) is 22.8 Å². The van der Waals surface area contributed by atoms with Crippen molar-refractivity contribution in [1.82, 2.24) is 10.2 Å². The van der Waals surface area contributed by atoms with Gasteiger partial charge in [-0.05, 0) is 37.8 Å². The van der Waals surface area contributed by atoms with Gasteiger partial charge in [-0.25, -0.2) is 0 Å². The Balaban J connectivity index is 1.48. The lowest BCUT2D eigenvalue weighted by Gasteiger charge is -2.27. The van der Waals surface area contributed by atoms with Crippen LogP contribution in [0.5, 0.6) is 0 Å². The van der Waals surface area contributed by atoms with E-state index in [-0.39, 0.29) is 36.1 Å². The van der Waals surface area contributed by atoms with Crippen LogP contribution in [0.1, 0.15) is 37.9 Å². The number of furan rings is 1. The number of hydrogen-bond acceptors (Lipinski definition) is 4. The Kier molecular flexibility index (Phi) is 4.87. The van der Waals surface area contributed by atoms with Crippen molar-refractivity contribution in [1.29, 1.82) is 0 Å². The second kappa shape index (κ2) is 7.07. The molecule has 1 aromatic heterocycles. The lowest BCUT2D eigenvalue weighted by Crippen LogP contribution is -2.42. The minimum atomic E-state index is -0.755. The summed E-state index contributed by atoms with van der Waals surface area (Å²) < 4.78 is 5.25. The third-order valence-corrected chi connectivity index (χ3v) is 4.93. The Hall–Kier alpha value is -2.31. The maximum absolute atomic E-state index is 12.4. The van der Waals surface area contributed by atoms with Gasteiger partial charge < -0.3 is 19.7 Å². The van der Waals surface area contributed by atoms with E-state index >= 15 is 0 Å². The van der Waals surface area contributed by atoms with Gasteiger partial charge in [-0.2, -0.15) is 0 Å². The van der Waals surface area contributed by atoms with Crippen LogP contribution in [0.25, 0.3) is 0 Å². The minimum Gasteiger partial charge on any atom is -0.481 e. The van der Waals surface area contributed by atoms with Crippen molar-refractivity contribution in [2.75, 3.05) is 6.54 Å². The zero-order valence-corrected chi connectivity index (χ0v) is 13.4. The molecule has 1 aliphatic carbocycles. The fraction of sp³-hybridized carbons (Fsp3) is 0.588. The molecule has 7 heteroatoms. The van der Waals surface area contributed by atoms with Crippen molar-refractivity contribution in [3.05, 3.63) is 24.2 Å². The van der Waals surface area contributed by atoms with Crippen LogP contribution in [0.3, 0.4) is 0 Å². The molecule has 2 heterocycles. The maximum Gasteiger partial charge on any atom is 0.306 e. The highest BCUT2D eigenvalue weighted by Gasteiger charge is 2.36. The van der Waals surface area contributed by atoms with E-state index in [2.05, 4.69) is 5.32 Å². The topological polar surface area (TPSA) is 99.8 Å². The van der Waals surface area contributed by atoms with E-state index in [1.165, 1.54) is 0 Å². The van der Waals surface area contributed by atoms with Crippen molar-refractivity contribution in [2.45, 2.75) is 44.7 Å². The average Bonchev–Trinajstić information content (AvgIpc) is 3.19. The molecule has 0 radical (unpaired) electrons. The summed E-state index contributed by atoms with van der Waals surface area (Å²) in [5.74, 6) is -0.837. The van der Waals surface area contributed by atoms with Gasteiger partial charge in [0.2, 0.25) is 11.8 Å². The predicted octanol–water partition coefficient (Wildman–Crippen LogP) is 1.39. The molecule has 0 bridgehead atoms. The zero-order chi connectivity index (χ0) is 17.1. The molecule has 1 saturated heterocycles. The van der Waals surface area contributed by atoms with Crippen LogP contribution in [0.2, 0.25) is 0 Å². The number of likely N-dealkylation sites (tertiary alicyclic amines) is 1. The van der Waals surface area contributed by atoms with Gasteiger partial charge in [0.1, 0.15) is 5.76 Å². The fourth-order valence-electron chi connectivity index (χ4n) is 3.50. The SMILES string of the molecule is O=C(O)C1CCC(NC(=O)C2CC(=O)N(Cc3ccco3)C2)CC1. The van der Waals surface area contributed by atoms with Crippen LogP contribution >= 0.6 is 0 Å². The average molecular weight is 334 g/mol. The van der Waals surface area contributed by atoms with E-state index in [4.69, 9.17) is 9.52 Å². The first kappa shape index (κ1) is 16.5. The molecule has 2 amide bonds. The molecule has 0 aromatic carbocycles. The van der Waals surface area contributed by atoms with Gasteiger partial charge in [0.15, 0.2) is 0 Å². The molecular weight excluding hydrogens is 312 g/mol. The number of nitrogens with one attached hydrogen (secondary N) is 1. The number of amides is 2. The third-order valence-electron chi connectivity index (χ3n) is 4.93. The van der Waals surface area contributed by atoms with Gasteiger partial charge in [-0.1, -0.05) is 0 Å². The molecule has 130 valence electrons. The van der Waals surface area contributed by atoms with Crippen molar-refractivity contribution >= 4 is 17.8 Å². The van der Waals surface area contributed by atoms with Crippen LogP contribution in [0, 0.1) is 11.8 Å². The Morgan fingerprint density at radius 3 is 2.62 bits per heavy atom. The molecule has 24 heavy (non-hydrogen) atoms. The Morgan fingerprint density at radius 1 is 1.25 bits per heavy atom. The number of carbonyl (C=O) groups is 3. The lowest BCUT2D eigenvalue weighted by atomic mass is 9.86. The highest BCUT2D eigenvalue weighted by Crippen LogP contribution is 2.26. The summed E-state index contributed by atoms with van der Waals surface area (Å²) in [5.41, 5.74) is 0. The monoisotopic (exact) mass is 334 g/mol. The van der Waals surface area contributed by atoms with E-state index in [1.54, 1.807) is 17.2 Å². The molecule has 7 nitrogen and oxygen atoms in total. The first-order chi connectivity index (χ1) is 11.5.